The van der Waals surface area contributed by atoms with E-state index in [1.54, 1.807) is 17.0 Å². The minimum absolute atomic E-state index is 0.113. The Morgan fingerprint density at radius 1 is 1.07 bits per heavy atom. The summed E-state index contributed by atoms with van der Waals surface area (Å²) in [7, 11) is 0. The van der Waals surface area contributed by atoms with Crippen LogP contribution in [0.25, 0.3) is 0 Å². The molecular weight excluding hydrogens is 360 g/mol. The van der Waals surface area contributed by atoms with Crippen LogP contribution in [0, 0.1) is 0 Å². The Kier molecular flexibility index (Phi) is 6.73. The molecule has 0 unspecified atom stereocenters. The topological polar surface area (TPSA) is 77.1 Å². The van der Waals surface area contributed by atoms with Gasteiger partial charge in [-0.05, 0) is 24.3 Å². The molecule has 0 aliphatic carbocycles. The SMILES string of the molecule is CC(=O)N(CCNC(=O)CCOc1ccccc1)c1ccc2c(c1)OCCO2. The van der Waals surface area contributed by atoms with Gasteiger partial charge in [0.2, 0.25) is 11.8 Å². The average Bonchev–Trinajstić information content (AvgIpc) is 2.71. The van der Waals surface area contributed by atoms with Crippen LogP contribution in [0.1, 0.15) is 13.3 Å². The van der Waals surface area contributed by atoms with Gasteiger partial charge in [-0.3, -0.25) is 9.59 Å². The Labute approximate surface area is 164 Å². The number of carbonyl (C=O) groups is 2. The zero-order valence-electron chi connectivity index (χ0n) is 15.8. The molecule has 148 valence electrons. The standard InChI is InChI=1S/C21H24N2O5/c1-16(24)23(17-7-8-19-20(15-17)28-14-13-27-19)11-10-22-21(25)9-12-26-18-5-3-2-4-6-18/h2-8,15H,9-14H2,1H3,(H,22,25). The van der Waals surface area contributed by atoms with Crippen molar-refractivity contribution in [2.75, 3.05) is 37.8 Å². The molecule has 1 N–H and O–H groups in total. The molecule has 0 fully saturated rings. The van der Waals surface area contributed by atoms with E-state index in [9.17, 15) is 9.59 Å². The predicted molar refractivity (Wildman–Crippen MR) is 105 cm³/mol. The van der Waals surface area contributed by atoms with Crippen LogP contribution < -0.4 is 24.4 Å². The number of ether oxygens (including phenoxy) is 3. The monoisotopic (exact) mass is 384 g/mol. The van der Waals surface area contributed by atoms with E-state index in [1.165, 1.54) is 6.92 Å². The second-order valence-corrected chi connectivity index (χ2v) is 6.26. The molecular formula is C21H24N2O5. The molecule has 2 aromatic rings. The third kappa shape index (κ3) is 5.39. The fourth-order valence-electron chi connectivity index (χ4n) is 2.84. The second kappa shape index (κ2) is 9.64. The van der Waals surface area contributed by atoms with Gasteiger partial charge in [-0.15, -0.1) is 0 Å². The summed E-state index contributed by atoms with van der Waals surface area (Å²) in [6.45, 7) is 3.50. The molecule has 0 spiro atoms. The molecule has 1 aliphatic rings. The summed E-state index contributed by atoms with van der Waals surface area (Å²) in [4.78, 5) is 25.6. The third-order valence-electron chi connectivity index (χ3n) is 4.22. The van der Waals surface area contributed by atoms with Crippen molar-refractivity contribution in [2.45, 2.75) is 13.3 Å². The van der Waals surface area contributed by atoms with Gasteiger partial charge in [-0.1, -0.05) is 18.2 Å². The van der Waals surface area contributed by atoms with Crippen molar-refractivity contribution < 1.29 is 23.8 Å². The van der Waals surface area contributed by atoms with Gasteiger partial charge in [0.1, 0.15) is 19.0 Å². The molecule has 1 aliphatic heterocycles. The highest BCUT2D eigenvalue weighted by atomic mass is 16.6. The number of nitrogens with zero attached hydrogens (tertiary/aromatic N) is 1. The highest BCUT2D eigenvalue weighted by molar-refractivity contribution is 5.92. The maximum atomic E-state index is 12.0. The number of rotatable bonds is 8. The molecule has 3 rings (SSSR count). The molecule has 0 radical (unpaired) electrons. The van der Waals surface area contributed by atoms with Crippen molar-refractivity contribution >= 4 is 17.5 Å². The van der Waals surface area contributed by atoms with E-state index >= 15 is 0 Å². The molecule has 0 bridgehead atoms. The van der Waals surface area contributed by atoms with E-state index in [0.717, 1.165) is 5.75 Å². The third-order valence-corrected chi connectivity index (χ3v) is 4.22. The Balaban J connectivity index is 1.46. The van der Waals surface area contributed by atoms with E-state index in [2.05, 4.69) is 5.32 Å². The lowest BCUT2D eigenvalue weighted by Crippen LogP contribution is -2.38. The minimum atomic E-state index is -0.124. The van der Waals surface area contributed by atoms with Crippen LogP contribution >= 0.6 is 0 Å². The maximum Gasteiger partial charge on any atom is 0.223 e. The van der Waals surface area contributed by atoms with Crippen molar-refractivity contribution in [3.05, 3.63) is 48.5 Å². The first kappa shape index (κ1) is 19.5. The zero-order chi connectivity index (χ0) is 19.8. The van der Waals surface area contributed by atoms with E-state index < -0.39 is 0 Å². The largest absolute Gasteiger partial charge is 0.493 e. The van der Waals surface area contributed by atoms with Gasteiger partial charge in [0.25, 0.3) is 0 Å². The number of anilines is 1. The van der Waals surface area contributed by atoms with E-state index in [-0.39, 0.29) is 18.2 Å². The highest BCUT2D eigenvalue weighted by Gasteiger charge is 2.17. The molecule has 0 saturated heterocycles. The first-order chi connectivity index (χ1) is 13.6. The zero-order valence-corrected chi connectivity index (χ0v) is 15.8. The number of carbonyl (C=O) groups excluding carboxylic acids is 2. The molecule has 28 heavy (non-hydrogen) atoms. The van der Waals surface area contributed by atoms with Crippen LogP contribution in [0.3, 0.4) is 0 Å². The number of para-hydroxylation sites is 1. The number of amides is 2. The van der Waals surface area contributed by atoms with E-state index in [0.29, 0.717) is 50.1 Å². The second-order valence-electron chi connectivity index (χ2n) is 6.26. The molecule has 0 aromatic heterocycles. The average molecular weight is 384 g/mol. The van der Waals surface area contributed by atoms with Crippen LogP contribution in [-0.2, 0) is 9.59 Å². The molecule has 7 nitrogen and oxygen atoms in total. The molecule has 0 atom stereocenters. The summed E-state index contributed by atoms with van der Waals surface area (Å²) < 4.78 is 16.6. The number of nitrogens with one attached hydrogen (secondary N) is 1. The number of benzene rings is 2. The van der Waals surface area contributed by atoms with Gasteiger partial charge in [0.15, 0.2) is 11.5 Å². The quantitative estimate of drug-likeness (QED) is 0.756. The fraction of sp³-hybridized carbons (Fsp3) is 0.333. The van der Waals surface area contributed by atoms with Gasteiger partial charge >= 0.3 is 0 Å². The molecule has 0 saturated carbocycles. The van der Waals surface area contributed by atoms with Crippen LogP contribution in [0.15, 0.2) is 48.5 Å². The molecule has 2 amide bonds. The minimum Gasteiger partial charge on any atom is -0.493 e. The van der Waals surface area contributed by atoms with Crippen molar-refractivity contribution in [1.82, 2.24) is 5.32 Å². The van der Waals surface area contributed by atoms with Crippen molar-refractivity contribution in [3.8, 4) is 17.2 Å². The maximum absolute atomic E-state index is 12.0. The van der Waals surface area contributed by atoms with Crippen LogP contribution in [0.5, 0.6) is 17.2 Å². The summed E-state index contributed by atoms with van der Waals surface area (Å²) in [6.07, 6.45) is 0.249. The van der Waals surface area contributed by atoms with Gasteiger partial charge in [-0.25, -0.2) is 0 Å². The summed E-state index contributed by atoms with van der Waals surface area (Å²) >= 11 is 0. The van der Waals surface area contributed by atoms with Crippen LogP contribution in [0.4, 0.5) is 5.69 Å². The summed E-state index contributed by atoms with van der Waals surface area (Å²) in [5, 5.41) is 2.82. The lowest BCUT2D eigenvalue weighted by atomic mass is 10.2. The van der Waals surface area contributed by atoms with Crippen molar-refractivity contribution in [1.29, 1.82) is 0 Å². The molecule has 1 heterocycles. The first-order valence-electron chi connectivity index (χ1n) is 9.26. The number of hydrogen-bond acceptors (Lipinski definition) is 5. The summed E-state index contributed by atoms with van der Waals surface area (Å²) in [5.74, 6) is 1.79. The molecule has 7 heteroatoms. The normalized spacial score (nSPS) is 12.2. The van der Waals surface area contributed by atoms with E-state index in [1.807, 2.05) is 36.4 Å². The smallest absolute Gasteiger partial charge is 0.223 e. The lowest BCUT2D eigenvalue weighted by molar-refractivity contribution is -0.122. The Morgan fingerprint density at radius 2 is 1.82 bits per heavy atom. The highest BCUT2D eigenvalue weighted by Crippen LogP contribution is 2.33. The summed E-state index contributed by atoms with van der Waals surface area (Å²) in [6, 6.07) is 14.7. The number of fused-ring (bicyclic) bond motifs is 1. The van der Waals surface area contributed by atoms with E-state index in [4.69, 9.17) is 14.2 Å². The van der Waals surface area contributed by atoms with Crippen molar-refractivity contribution in [3.63, 3.8) is 0 Å². The summed E-state index contributed by atoms with van der Waals surface area (Å²) in [5.41, 5.74) is 0.707. The Morgan fingerprint density at radius 3 is 2.57 bits per heavy atom. The number of hydrogen-bond donors (Lipinski definition) is 1. The van der Waals surface area contributed by atoms with Gasteiger partial charge in [0, 0.05) is 31.8 Å². The predicted octanol–water partition coefficient (Wildman–Crippen LogP) is 2.40. The Bertz CT molecular complexity index is 810. The van der Waals surface area contributed by atoms with Gasteiger partial charge in [0.05, 0.1) is 13.0 Å². The fourth-order valence-corrected chi connectivity index (χ4v) is 2.84. The molecule has 2 aromatic carbocycles. The van der Waals surface area contributed by atoms with Crippen LogP contribution in [0.2, 0.25) is 0 Å². The van der Waals surface area contributed by atoms with Crippen LogP contribution in [-0.4, -0.2) is 44.7 Å². The van der Waals surface area contributed by atoms with Gasteiger partial charge in [-0.2, -0.15) is 0 Å². The van der Waals surface area contributed by atoms with Crippen molar-refractivity contribution in [2.24, 2.45) is 0 Å². The Hall–Kier alpha value is -3.22. The lowest BCUT2D eigenvalue weighted by Gasteiger charge is -2.24. The first-order valence-corrected chi connectivity index (χ1v) is 9.26. The van der Waals surface area contributed by atoms with Gasteiger partial charge < -0.3 is 24.4 Å².